The van der Waals surface area contributed by atoms with Gasteiger partial charge >= 0.3 is 0 Å². The van der Waals surface area contributed by atoms with Gasteiger partial charge in [0.25, 0.3) is 0 Å². The van der Waals surface area contributed by atoms with Gasteiger partial charge in [-0.25, -0.2) is 9.97 Å². The highest BCUT2D eigenvalue weighted by molar-refractivity contribution is 6.14. The fraction of sp³-hybridized carbons (Fsp3) is 0. The molecule has 80 heavy (non-hydrogen) atoms. The Balaban J connectivity index is 0.771. The van der Waals surface area contributed by atoms with Crippen LogP contribution in [0.15, 0.2) is 291 Å². The van der Waals surface area contributed by atoms with Crippen molar-refractivity contribution >= 4 is 76.2 Å². The topological polar surface area (TPSA) is 35.6 Å². The third-order valence-electron chi connectivity index (χ3n) is 16.3. The molecule has 0 fully saturated rings. The molecule has 0 N–H and O–H groups in total. The first-order chi connectivity index (χ1) is 39.6. The standard InChI is InChI=1S/C76H48N4/c1-3-19-59(20-4-1)79-71-41-37-55(45-65(71)67-47-57(39-43-73(67)79)63-25-13-17-51-15-7-9-23-61(51)63)49-29-33-53(34-30-49)75-76(78-70-28-12-11-27-69(70)77-75)54-35-31-50(32-36-54)56-38-42-72-66(46-56)68-48-58(64-26-14-18-52-16-8-10-24-62(52)64)40-44-74(68)80(72)60-21-5-2-6-22-60/h1-48H. The lowest BCUT2D eigenvalue weighted by atomic mass is 9.96. The van der Waals surface area contributed by atoms with Crippen molar-refractivity contribution in [2.24, 2.45) is 0 Å². The molecule has 13 aromatic carbocycles. The van der Waals surface area contributed by atoms with Crippen molar-refractivity contribution in [1.82, 2.24) is 19.1 Å². The average Bonchev–Trinajstić information content (AvgIpc) is 4.15. The molecule has 0 aliphatic heterocycles. The number of hydrogen-bond donors (Lipinski definition) is 0. The van der Waals surface area contributed by atoms with Crippen LogP contribution in [0.25, 0.3) is 155 Å². The molecular formula is C76H48N4. The SMILES string of the molecule is c1ccc(-n2c3ccc(-c4ccc(-c5nc6ccccc6nc5-c5ccc(-c6ccc7c(c6)c6cc(-c8cccc9ccccc89)ccc6n7-c6ccccc6)cc5)cc4)cc3c3cc(-c4cccc5ccccc45)ccc32)cc1. The van der Waals surface area contributed by atoms with Gasteiger partial charge in [-0.2, -0.15) is 0 Å². The Bertz CT molecular complexity index is 4760. The lowest BCUT2D eigenvalue weighted by Gasteiger charge is -2.12. The van der Waals surface area contributed by atoms with Crippen LogP contribution >= 0.6 is 0 Å². The van der Waals surface area contributed by atoms with E-state index in [1.807, 2.05) is 12.1 Å². The minimum atomic E-state index is 0.850. The second-order valence-electron chi connectivity index (χ2n) is 20.9. The van der Waals surface area contributed by atoms with Gasteiger partial charge in [0.15, 0.2) is 0 Å². The Hall–Kier alpha value is -10.7. The first-order valence-corrected chi connectivity index (χ1v) is 27.4. The molecule has 3 aromatic heterocycles. The molecule has 0 bridgehead atoms. The summed E-state index contributed by atoms with van der Waals surface area (Å²) in [5, 5.41) is 9.85. The van der Waals surface area contributed by atoms with E-state index in [2.05, 4.69) is 288 Å². The van der Waals surface area contributed by atoms with E-state index in [0.29, 0.717) is 0 Å². The van der Waals surface area contributed by atoms with Crippen LogP contribution in [0.2, 0.25) is 0 Å². The highest BCUT2D eigenvalue weighted by Gasteiger charge is 2.20. The van der Waals surface area contributed by atoms with Crippen molar-refractivity contribution < 1.29 is 0 Å². The largest absolute Gasteiger partial charge is 0.309 e. The number of aromatic nitrogens is 4. The number of rotatable bonds is 8. The molecule has 0 saturated heterocycles. The Kier molecular flexibility index (Phi) is 10.5. The summed E-state index contributed by atoms with van der Waals surface area (Å²) in [4.78, 5) is 10.7. The molecule has 0 amide bonds. The summed E-state index contributed by atoms with van der Waals surface area (Å²) in [6, 6.07) is 105. The lowest BCUT2D eigenvalue weighted by molar-refractivity contribution is 1.18. The zero-order chi connectivity index (χ0) is 52.7. The highest BCUT2D eigenvalue weighted by Crippen LogP contribution is 2.42. The summed E-state index contributed by atoms with van der Waals surface area (Å²) in [6.45, 7) is 0. The molecule has 0 spiro atoms. The molecule has 372 valence electrons. The minimum absolute atomic E-state index is 0.850. The quantitative estimate of drug-likeness (QED) is 0.152. The van der Waals surface area contributed by atoms with Gasteiger partial charge in [0.05, 0.1) is 44.5 Å². The zero-order valence-corrected chi connectivity index (χ0v) is 43.5. The molecular weight excluding hydrogens is 969 g/mol. The van der Waals surface area contributed by atoms with E-state index in [1.54, 1.807) is 0 Å². The van der Waals surface area contributed by atoms with Gasteiger partial charge < -0.3 is 9.13 Å². The summed E-state index contributed by atoms with van der Waals surface area (Å²) in [6.07, 6.45) is 0. The van der Waals surface area contributed by atoms with Crippen LogP contribution in [0.3, 0.4) is 0 Å². The molecule has 4 nitrogen and oxygen atoms in total. The monoisotopic (exact) mass is 1020 g/mol. The molecule has 0 aliphatic rings. The third kappa shape index (κ3) is 7.53. The van der Waals surface area contributed by atoms with E-state index in [1.165, 1.54) is 87.4 Å². The van der Waals surface area contributed by atoms with Gasteiger partial charge in [-0.05, 0) is 151 Å². The second-order valence-corrected chi connectivity index (χ2v) is 20.9. The van der Waals surface area contributed by atoms with Gasteiger partial charge in [-0.15, -0.1) is 0 Å². The normalized spacial score (nSPS) is 11.8. The van der Waals surface area contributed by atoms with Gasteiger partial charge in [0.1, 0.15) is 0 Å². The van der Waals surface area contributed by atoms with Gasteiger partial charge in [0.2, 0.25) is 0 Å². The fourth-order valence-corrected chi connectivity index (χ4v) is 12.4. The molecule has 0 saturated carbocycles. The molecule has 0 aliphatic carbocycles. The number of fused-ring (bicyclic) bond motifs is 9. The van der Waals surface area contributed by atoms with Crippen LogP contribution in [-0.2, 0) is 0 Å². The predicted octanol–water partition coefficient (Wildman–Crippen LogP) is 20.1. The summed E-state index contributed by atoms with van der Waals surface area (Å²) >= 11 is 0. The Morgan fingerprint density at radius 3 is 0.938 bits per heavy atom. The Morgan fingerprint density at radius 2 is 0.525 bits per heavy atom. The third-order valence-corrected chi connectivity index (χ3v) is 16.3. The Morgan fingerprint density at radius 1 is 0.212 bits per heavy atom. The van der Waals surface area contributed by atoms with Gasteiger partial charge in [0, 0.05) is 44.0 Å². The zero-order valence-electron chi connectivity index (χ0n) is 43.5. The summed E-state index contributed by atoms with van der Waals surface area (Å²) in [5.41, 5.74) is 21.9. The Labute approximate surface area is 462 Å². The highest BCUT2D eigenvalue weighted by atomic mass is 15.0. The lowest BCUT2D eigenvalue weighted by Crippen LogP contribution is -1.95. The molecule has 0 radical (unpaired) electrons. The van der Waals surface area contributed by atoms with E-state index in [0.717, 1.165) is 67.2 Å². The smallest absolute Gasteiger partial charge is 0.0973 e. The van der Waals surface area contributed by atoms with E-state index >= 15 is 0 Å². The van der Waals surface area contributed by atoms with Crippen molar-refractivity contribution in [2.45, 2.75) is 0 Å². The van der Waals surface area contributed by atoms with Crippen LogP contribution in [0.5, 0.6) is 0 Å². The van der Waals surface area contributed by atoms with Gasteiger partial charge in [-0.1, -0.05) is 206 Å². The molecule has 0 unspecified atom stereocenters. The number of hydrogen-bond acceptors (Lipinski definition) is 2. The summed E-state index contributed by atoms with van der Waals surface area (Å²) in [5.74, 6) is 0. The van der Waals surface area contributed by atoms with Gasteiger partial charge in [-0.3, -0.25) is 0 Å². The van der Waals surface area contributed by atoms with Crippen molar-refractivity contribution in [3.8, 4) is 78.4 Å². The first-order valence-electron chi connectivity index (χ1n) is 27.4. The minimum Gasteiger partial charge on any atom is -0.309 e. The van der Waals surface area contributed by atoms with Crippen molar-refractivity contribution in [3.05, 3.63) is 291 Å². The van der Waals surface area contributed by atoms with Crippen molar-refractivity contribution in [3.63, 3.8) is 0 Å². The first kappa shape index (κ1) is 45.5. The number of nitrogens with zero attached hydrogens (tertiary/aromatic N) is 4. The van der Waals surface area contributed by atoms with Crippen LogP contribution in [-0.4, -0.2) is 19.1 Å². The fourth-order valence-electron chi connectivity index (χ4n) is 12.4. The maximum atomic E-state index is 5.33. The van der Waals surface area contributed by atoms with Crippen LogP contribution < -0.4 is 0 Å². The van der Waals surface area contributed by atoms with E-state index < -0.39 is 0 Å². The molecule has 16 aromatic rings. The summed E-state index contributed by atoms with van der Waals surface area (Å²) < 4.78 is 4.79. The summed E-state index contributed by atoms with van der Waals surface area (Å²) in [7, 11) is 0. The van der Waals surface area contributed by atoms with Crippen LogP contribution in [0.1, 0.15) is 0 Å². The molecule has 0 atom stereocenters. The van der Waals surface area contributed by atoms with Crippen LogP contribution in [0, 0.1) is 0 Å². The molecule has 4 heteroatoms. The van der Waals surface area contributed by atoms with Crippen molar-refractivity contribution in [2.75, 3.05) is 0 Å². The molecule has 3 heterocycles. The second kappa shape index (κ2) is 18.5. The molecule has 16 rings (SSSR count). The van der Waals surface area contributed by atoms with E-state index in [4.69, 9.17) is 9.97 Å². The maximum Gasteiger partial charge on any atom is 0.0973 e. The van der Waals surface area contributed by atoms with Crippen LogP contribution in [0.4, 0.5) is 0 Å². The number of benzene rings is 13. The van der Waals surface area contributed by atoms with E-state index in [-0.39, 0.29) is 0 Å². The maximum absolute atomic E-state index is 5.33. The van der Waals surface area contributed by atoms with E-state index in [9.17, 15) is 0 Å². The predicted molar refractivity (Wildman–Crippen MR) is 336 cm³/mol. The average molecular weight is 1020 g/mol. The number of para-hydroxylation sites is 4. The van der Waals surface area contributed by atoms with Crippen molar-refractivity contribution in [1.29, 1.82) is 0 Å².